The molecule has 0 unspecified atom stereocenters. The van der Waals surface area contributed by atoms with Crippen LogP contribution in [0.3, 0.4) is 0 Å². The van der Waals surface area contributed by atoms with Gasteiger partial charge in [0.25, 0.3) is 0 Å². The van der Waals surface area contributed by atoms with Crippen LogP contribution >= 0.6 is 27.3 Å². The van der Waals surface area contributed by atoms with Crippen LogP contribution in [-0.2, 0) is 6.54 Å². The average molecular weight is 316 g/mol. The van der Waals surface area contributed by atoms with E-state index in [4.69, 9.17) is 5.73 Å². The number of aryl methyl sites for hydroxylation is 1. The normalized spacial score (nSPS) is 10.5. The second-order valence-electron chi connectivity index (χ2n) is 3.21. The molecule has 90 valence electrons. The third-order valence-corrected chi connectivity index (χ3v) is 3.66. The summed E-state index contributed by atoms with van der Waals surface area (Å²) in [5, 5.41) is 6.83. The third-order valence-electron chi connectivity index (χ3n) is 2.02. The molecule has 8 heteroatoms. The highest BCUT2D eigenvalue weighted by Gasteiger charge is 2.15. The lowest BCUT2D eigenvalue weighted by Crippen LogP contribution is -2.19. The Morgan fingerprint density at radius 3 is 3.06 bits per heavy atom. The Balaban J connectivity index is 2.39. The van der Waals surface area contributed by atoms with Crippen LogP contribution in [0.2, 0.25) is 0 Å². The number of amides is 2. The lowest BCUT2D eigenvalue weighted by Gasteiger charge is -1.99. The summed E-state index contributed by atoms with van der Waals surface area (Å²) in [5.41, 5.74) is 5.72. The van der Waals surface area contributed by atoms with E-state index in [1.54, 1.807) is 17.1 Å². The van der Waals surface area contributed by atoms with Gasteiger partial charge < -0.3 is 11.1 Å². The van der Waals surface area contributed by atoms with Crippen LogP contribution in [0.15, 0.2) is 16.2 Å². The Kier molecular flexibility index (Phi) is 3.43. The number of nitrogens with zero attached hydrogens (tertiary/aromatic N) is 3. The Morgan fingerprint density at radius 1 is 1.71 bits per heavy atom. The number of urea groups is 1. The first kappa shape index (κ1) is 12.1. The first-order chi connectivity index (χ1) is 8.10. The lowest BCUT2D eigenvalue weighted by molar-refractivity contribution is 0.259. The van der Waals surface area contributed by atoms with E-state index >= 15 is 0 Å². The van der Waals surface area contributed by atoms with E-state index < -0.39 is 6.03 Å². The van der Waals surface area contributed by atoms with Crippen molar-refractivity contribution in [2.45, 2.75) is 13.5 Å². The number of nitrogens with one attached hydrogen (secondary N) is 1. The molecule has 2 rings (SSSR count). The van der Waals surface area contributed by atoms with Crippen molar-refractivity contribution in [2.75, 3.05) is 5.32 Å². The quantitative estimate of drug-likeness (QED) is 0.911. The minimum absolute atomic E-state index is 0.575. The van der Waals surface area contributed by atoms with Gasteiger partial charge >= 0.3 is 6.03 Å². The highest BCUT2D eigenvalue weighted by atomic mass is 79.9. The zero-order chi connectivity index (χ0) is 12.4. The molecule has 0 atom stereocenters. The molecule has 0 saturated heterocycles. The Morgan fingerprint density at radius 2 is 2.47 bits per heavy atom. The van der Waals surface area contributed by atoms with Gasteiger partial charge in [0.05, 0.1) is 14.4 Å². The van der Waals surface area contributed by atoms with Crippen LogP contribution in [0, 0.1) is 0 Å². The van der Waals surface area contributed by atoms with Crippen molar-refractivity contribution in [3.05, 3.63) is 16.2 Å². The summed E-state index contributed by atoms with van der Waals surface area (Å²) >= 11 is 4.80. The van der Waals surface area contributed by atoms with Crippen LogP contribution in [-0.4, -0.2) is 20.8 Å². The smallest absolute Gasteiger partial charge is 0.316 e. The molecule has 2 aromatic heterocycles. The fraction of sp³-hybridized carbons (Fsp3) is 0.222. The number of carbonyl (C=O) groups is 1. The average Bonchev–Trinajstić information content (AvgIpc) is 2.83. The van der Waals surface area contributed by atoms with E-state index in [0.29, 0.717) is 11.5 Å². The molecule has 0 aliphatic carbocycles. The predicted octanol–water partition coefficient (Wildman–Crippen LogP) is 2.28. The van der Waals surface area contributed by atoms with E-state index in [9.17, 15) is 4.79 Å². The van der Waals surface area contributed by atoms with E-state index in [2.05, 4.69) is 31.3 Å². The molecular formula is C9H10BrN5OS. The summed E-state index contributed by atoms with van der Waals surface area (Å²) < 4.78 is 2.60. The Labute approximate surface area is 110 Å². The molecular weight excluding hydrogens is 306 g/mol. The van der Waals surface area contributed by atoms with Crippen molar-refractivity contribution in [3.63, 3.8) is 0 Å². The molecule has 0 spiro atoms. The molecule has 0 aliphatic rings. The maximum absolute atomic E-state index is 10.9. The number of primary amides is 1. The second-order valence-corrected chi connectivity index (χ2v) is 5.64. The fourth-order valence-electron chi connectivity index (χ4n) is 1.30. The van der Waals surface area contributed by atoms with Crippen LogP contribution in [0.5, 0.6) is 0 Å². The van der Waals surface area contributed by atoms with Gasteiger partial charge in [-0.25, -0.2) is 9.78 Å². The number of hydrogen-bond acceptors (Lipinski definition) is 4. The molecule has 0 saturated carbocycles. The highest BCUT2D eigenvalue weighted by molar-refractivity contribution is 9.11. The summed E-state index contributed by atoms with van der Waals surface area (Å²) in [7, 11) is 0. The molecule has 0 aromatic carbocycles. The highest BCUT2D eigenvalue weighted by Crippen LogP contribution is 2.37. The van der Waals surface area contributed by atoms with Gasteiger partial charge in [-0.3, -0.25) is 4.68 Å². The molecule has 2 heterocycles. The molecule has 0 radical (unpaired) electrons. The van der Waals surface area contributed by atoms with Gasteiger partial charge in [-0.2, -0.15) is 0 Å². The molecule has 6 nitrogen and oxygen atoms in total. The van der Waals surface area contributed by atoms with Crippen molar-refractivity contribution in [3.8, 4) is 10.7 Å². The minimum atomic E-state index is -0.605. The van der Waals surface area contributed by atoms with Crippen molar-refractivity contribution in [1.29, 1.82) is 0 Å². The second kappa shape index (κ2) is 4.84. The summed E-state index contributed by atoms with van der Waals surface area (Å²) in [6.07, 6.45) is 1.65. The summed E-state index contributed by atoms with van der Waals surface area (Å²) in [5.74, 6) is 0.575. The van der Waals surface area contributed by atoms with Gasteiger partial charge in [0.2, 0.25) is 0 Å². The number of aromatic nitrogens is 3. The van der Waals surface area contributed by atoms with Crippen molar-refractivity contribution < 1.29 is 4.79 Å². The number of thiophene rings is 1. The summed E-state index contributed by atoms with van der Waals surface area (Å²) in [4.78, 5) is 15.8. The number of nitrogens with two attached hydrogens (primary N) is 1. The van der Waals surface area contributed by atoms with Gasteiger partial charge in [0.1, 0.15) is 6.33 Å². The van der Waals surface area contributed by atoms with E-state index in [1.165, 1.54) is 11.3 Å². The number of hydrogen-bond donors (Lipinski definition) is 2. The van der Waals surface area contributed by atoms with Crippen molar-refractivity contribution >= 4 is 39.0 Å². The molecule has 0 bridgehead atoms. The number of anilines is 1. The third kappa shape index (κ3) is 2.64. The van der Waals surface area contributed by atoms with Crippen LogP contribution in [0.25, 0.3) is 10.7 Å². The van der Waals surface area contributed by atoms with E-state index in [-0.39, 0.29) is 0 Å². The van der Waals surface area contributed by atoms with E-state index in [0.717, 1.165) is 15.2 Å². The molecule has 0 aliphatic heterocycles. The molecule has 2 aromatic rings. The molecule has 3 N–H and O–H groups in total. The van der Waals surface area contributed by atoms with Crippen LogP contribution in [0.4, 0.5) is 10.5 Å². The zero-order valence-electron chi connectivity index (χ0n) is 8.98. The molecule has 2 amide bonds. The first-order valence-corrected chi connectivity index (χ1v) is 6.46. The zero-order valence-corrected chi connectivity index (χ0v) is 11.4. The topological polar surface area (TPSA) is 85.8 Å². The summed E-state index contributed by atoms with van der Waals surface area (Å²) in [6, 6.07) is 1.17. The maximum atomic E-state index is 10.9. The van der Waals surface area contributed by atoms with Crippen LogP contribution in [0.1, 0.15) is 6.92 Å². The van der Waals surface area contributed by atoms with E-state index in [1.807, 2.05) is 6.92 Å². The van der Waals surface area contributed by atoms with Gasteiger partial charge in [-0.15, -0.1) is 16.4 Å². The maximum Gasteiger partial charge on any atom is 0.316 e. The number of carbonyl (C=O) groups excluding carboxylic acids is 1. The molecule has 17 heavy (non-hydrogen) atoms. The van der Waals surface area contributed by atoms with Gasteiger partial charge in [0.15, 0.2) is 5.82 Å². The predicted molar refractivity (Wildman–Crippen MR) is 69.9 cm³/mol. The fourth-order valence-corrected chi connectivity index (χ4v) is 2.79. The van der Waals surface area contributed by atoms with Gasteiger partial charge in [0, 0.05) is 6.54 Å². The molecule has 0 fully saturated rings. The van der Waals surface area contributed by atoms with Crippen LogP contribution < -0.4 is 11.1 Å². The Bertz CT molecular complexity index is 549. The summed E-state index contributed by atoms with van der Waals surface area (Å²) in [6.45, 7) is 2.73. The van der Waals surface area contributed by atoms with Gasteiger partial charge in [-0.05, 0) is 28.9 Å². The largest absolute Gasteiger partial charge is 0.351 e. The number of halogens is 1. The SMILES string of the molecule is CCn1cnc(-c2sc(Br)cc2NC(N)=O)n1. The van der Waals surface area contributed by atoms with Crippen molar-refractivity contribution in [2.24, 2.45) is 5.73 Å². The number of rotatable bonds is 3. The van der Waals surface area contributed by atoms with Crippen molar-refractivity contribution in [1.82, 2.24) is 14.8 Å². The standard InChI is InChI=1S/C9H10BrN5OS/c1-2-15-4-12-8(14-15)7-5(13-9(11)16)3-6(10)17-7/h3-4H,2H2,1H3,(H3,11,13,16). The minimum Gasteiger partial charge on any atom is -0.351 e. The Hall–Kier alpha value is -1.41. The monoisotopic (exact) mass is 315 g/mol. The van der Waals surface area contributed by atoms with Gasteiger partial charge in [-0.1, -0.05) is 0 Å². The first-order valence-electron chi connectivity index (χ1n) is 4.85. The lowest BCUT2D eigenvalue weighted by atomic mass is 10.4.